The molecule has 0 amide bonds. The van der Waals surface area contributed by atoms with Gasteiger partial charge in [-0.1, -0.05) is 231 Å². The number of rotatable bonds is 5. The molecule has 0 bridgehead atoms. The number of hydrogen-bond acceptors (Lipinski definition) is 2. The van der Waals surface area contributed by atoms with E-state index in [1.165, 1.54) is 193 Å². The van der Waals surface area contributed by atoms with Crippen LogP contribution in [0.5, 0.6) is 0 Å². The van der Waals surface area contributed by atoms with E-state index < -0.39 is 0 Å². The minimum absolute atomic E-state index is 1.17. The lowest BCUT2D eigenvalue weighted by Crippen LogP contribution is -1.94. The Morgan fingerprint density at radius 2 is 0.545 bits per heavy atom. The third-order valence-electron chi connectivity index (χ3n) is 19.2. The van der Waals surface area contributed by atoms with Crippen molar-refractivity contribution in [1.29, 1.82) is 0 Å². The van der Waals surface area contributed by atoms with Crippen molar-refractivity contribution < 1.29 is 0 Å². The van der Waals surface area contributed by atoms with Crippen molar-refractivity contribution in [2.24, 2.45) is 0 Å². The van der Waals surface area contributed by atoms with Gasteiger partial charge in [-0.25, -0.2) is 0 Å². The van der Waals surface area contributed by atoms with Gasteiger partial charge in [-0.3, -0.25) is 0 Å². The summed E-state index contributed by atoms with van der Waals surface area (Å²) in [6.07, 6.45) is 0. The SMILES string of the molecule is c1ccc2cc(-n3c4ccc(-c5ccc(-c6ccc(-c7ccc8c(c7)c7c9ccccc9c9c%10ccccc%10sc9c7n8-c7ccc8ccccc8c7)c7ccccc67)c6ccccc56)cc4c4c5ccccc5c5c6ccccc6sc5c43)ccc2c1. The maximum atomic E-state index is 2.55. The van der Waals surface area contributed by atoms with E-state index in [-0.39, 0.29) is 0 Å². The van der Waals surface area contributed by atoms with Crippen molar-refractivity contribution in [2.45, 2.75) is 0 Å². The molecule has 88 heavy (non-hydrogen) atoms. The Morgan fingerprint density at radius 1 is 0.216 bits per heavy atom. The van der Waals surface area contributed by atoms with Crippen molar-refractivity contribution in [3.05, 3.63) is 291 Å². The molecule has 0 spiro atoms. The number of nitrogens with zero attached hydrogens (tertiary/aromatic N) is 2. The zero-order chi connectivity index (χ0) is 57.3. The molecule has 0 saturated heterocycles. The van der Waals surface area contributed by atoms with Crippen molar-refractivity contribution in [1.82, 2.24) is 9.13 Å². The molecule has 16 aromatic carbocycles. The number of aromatic nitrogens is 2. The highest BCUT2D eigenvalue weighted by atomic mass is 32.1. The molecule has 406 valence electrons. The van der Waals surface area contributed by atoms with Crippen LogP contribution in [0.1, 0.15) is 0 Å². The van der Waals surface area contributed by atoms with E-state index in [0.717, 1.165) is 0 Å². The zero-order valence-corrected chi connectivity index (χ0v) is 49.1. The smallest absolute Gasteiger partial charge is 0.0726 e. The summed E-state index contributed by atoms with van der Waals surface area (Å²) >= 11 is 3.83. The molecule has 20 aromatic rings. The van der Waals surface area contributed by atoms with Gasteiger partial charge in [-0.15, -0.1) is 22.7 Å². The molecule has 0 radical (unpaired) electrons. The van der Waals surface area contributed by atoms with Crippen LogP contribution in [-0.2, 0) is 0 Å². The Morgan fingerprint density at radius 3 is 0.966 bits per heavy atom. The first-order valence-electron chi connectivity index (χ1n) is 30.3. The summed E-state index contributed by atoms with van der Waals surface area (Å²) < 4.78 is 10.4. The number of hydrogen-bond donors (Lipinski definition) is 0. The second-order valence-electron chi connectivity index (χ2n) is 23.8. The average molecular weight is 1150 g/mol. The zero-order valence-electron chi connectivity index (χ0n) is 47.4. The molecule has 0 aliphatic carbocycles. The van der Waals surface area contributed by atoms with Gasteiger partial charge in [0.25, 0.3) is 0 Å². The minimum atomic E-state index is 1.17. The van der Waals surface area contributed by atoms with E-state index in [2.05, 4.69) is 300 Å². The normalized spacial score (nSPS) is 12.3. The molecular formula is C84H48N2S2. The van der Waals surface area contributed by atoms with Crippen LogP contribution < -0.4 is 0 Å². The molecule has 20 rings (SSSR count). The Labute approximate surface area is 512 Å². The Balaban J connectivity index is 0.777. The van der Waals surface area contributed by atoms with Crippen LogP contribution in [0.25, 0.3) is 193 Å². The van der Waals surface area contributed by atoms with Gasteiger partial charge in [-0.2, -0.15) is 0 Å². The largest absolute Gasteiger partial charge is 0.308 e. The summed E-state index contributed by atoms with van der Waals surface area (Å²) in [5, 5.41) is 25.4. The predicted octanol–water partition coefficient (Wildman–Crippen LogP) is 24.5. The average Bonchev–Trinajstić information content (AvgIpc) is 1.82. The molecular weight excluding hydrogens is 1100 g/mol. The molecule has 4 heterocycles. The fraction of sp³-hybridized carbons (Fsp3) is 0. The molecule has 4 heteroatoms. The molecule has 2 nitrogen and oxygen atoms in total. The number of fused-ring (bicyclic) bond motifs is 24. The van der Waals surface area contributed by atoms with Crippen LogP contribution in [0.15, 0.2) is 291 Å². The van der Waals surface area contributed by atoms with Crippen LogP contribution in [0, 0.1) is 0 Å². The van der Waals surface area contributed by atoms with E-state index in [4.69, 9.17) is 0 Å². The fourth-order valence-corrected chi connectivity index (χ4v) is 17.9. The number of thiophene rings is 2. The van der Waals surface area contributed by atoms with Crippen LogP contribution in [0.2, 0.25) is 0 Å². The highest BCUT2D eigenvalue weighted by molar-refractivity contribution is 7.27. The molecule has 0 saturated carbocycles. The maximum absolute atomic E-state index is 2.55. The first-order valence-corrected chi connectivity index (χ1v) is 31.9. The van der Waals surface area contributed by atoms with Gasteiger partial charge in [0.1, 0.15) is 0 Å². The maximum Gasteiger partial charge on any atom is 0.0726 e. The van der Waals surface area contributed by atoms with Gasteiger partial charge >= 0.3 is 0 Å². The van der Waals surface area contributed by atoms with Crippen LogP contribution in [-0.4, -0.2) is 9.13 Å². The third-order valence-corrected chi connectivity index (χ3v) is 21.6. The first-order chi connectivity index (χ1) is 43.7. The second kappa shape index (κ2) is 18.3. The summed E-state index contributed by atoms with van der Waals surface area (Å²) in [6, 6.07) is 109. The van der Waals surface area contributed by atoms with E-state index in [1.807, 2.05) is 22.7 Å². The molecule has 0 unspecified atom stereocenters. The Bertz CT molecular complexity index is 6050. The summed E-state index contributed by atoms with van der Waals surface area (Å²) in [4.78, 5) is 0. The number of benzene rings is 16. The monoisotopic (exact) mass is 1150 g/mol. The lowest BCUT2D eigenvalue weighted by atomic mass is 9.87. The van der Waals surface area contributed by atoms with Gasteiger partial charge in [-0.05, 0) is 159 Å². The second-order valence-corrected chi connectivity index (χ2v) is 25.9. The van der Waals surface area contributed by atoms with E-state index in [0.29, 0.717) is 0 Å². The standard InChI is InChI=1S/C84H48N2S2/c1-3-19-51-45-55(37-33-49(51)17-1)85-73-43-35-53(47-71(73)77-65-25-9-11-27-67(65)79-69-29-13-15-31-75(69)87-83(79)81(77)85)57-39-41-63(61-23-7-5-21-59(57)61)64-42-40-58(60-22-6-8-24-62(60)64)54-36-44-74-72(48-54)78-66-26-10-12-28-68(66)80-70-30-14-16-32-76(70)88-84(80)82(78)86(74)56-38-34-50-18-2-4-20-52(50)46-56/h1-48H. The van der Waals surface area contributed by atoms with E-state index >= 15 is 0 Å². The van der Waals surface area contributed by atoms with E-state index in [1.54, 1.807) is 0 Å². The molecule has 4 aromatic heterocycles. The van der Waals surface area contributed by atoms with Gasteiger partial charge < -0.3 is 9.13 Å². The van der Waals surface area contributed by atoms with Crippen molar-refractivity contribution in [2.75, 3.05) is 0 Å². The first kappa shape index (κ1) is 48.4. The van der Waals surface area contributed by atoms with Gasteiger partial charge in [0.2, 0.25) is 0 Å². The third kappa shape index (κ3) is 6.76. The molecule has 0 atom stereocenters. The minimum Gasteiger partial charge on any atom is -0.308 e. The topological polar surface area (TPSA) is 9.86 Å². The Kier molecular flexibility index (Phi) is 10.1. The van der Waals surface area contributed by atoms with Crippen LogP contribution in [0.4, 0.5) is 0 Å². The highest BCUT2D eigenvalue weighted by Crippen LogP contribution is 2.52. The fourth-order valence-electron chi connectivity index (χ4n) is 15.4. The summed E-state index contributed by atoms with van der Waals surface area (Å²) in [6.45, 7) is 0. The summed E-state index contributed by atoms with van der Waals surface area (Å²) in [5.41, 5.74) is 14.6. The quantitative estimate of drug-likeness (QED) is 0.163. The van der Waals surface area contributed by atoms with E-state index in [9.17, 15) is 0 Å². The predicted molar refractivity (Wildman–Crippen MR) is 382 cm³/mol. The molecule has 0 N–H and O–H groups in total. The van der Waals surface area contributed by atoms with Crippen LogP contribution >= 0.6 is 22.7 Å². The Hall–Kier alpha value is -10.9. The molecule has 0 fully saturated rings. The summed E-state index contributed by atoms with van der Waals surface area (Å²) in [7, 11) is 0. The van der Waals surface area contributed by atoms with Crippen LogP contribution in [0.3, 0.4) is 0 Å². The van der Waals surface area contributed by atoms with Crippen molar-refractivity contribution in [3.63, 3.8) is 0 Å². The highest BCUT2D eigenvalue weighted by Gasteiger charge is 2.26. The van der Waals surface area contributed by atoms with Gasteiger partial charge in [0.15, 0.2) is 0 Å². The van der Waals surface area contributed by atoms with Crippen molar-refractivity contribution >= 4 is 171 Å². The van der Waals surface area contributed by atoms with Crippen molar-refractivity contribution in [3.8, 4) is 44.8 Å². The molecule has 0 aliphatic heterocycles. The molecule has 0 aliphatic rings. The van der Waals surface area contributed by atoms with Gasteiger partial charge in [0, 0.05) is 63.9 Å². The summed E-state index contributed by atoms with van der Waals surface area (Å²) in [5.74, 6) is 0. The van der Waals surface area contributed by atoms with Gasteiger partial charge in [0.05, 0.1) is 31.5 Å². The lowest BCUT2D eigenvalue weighted by Gasteiger charge is -2.16. The lowest BCUT2D eigenvalue weighted by molar-refractivity contribution is 1.19.